The summed E-state index contributed by atoms with van der Waals surface area (Å²) in [6.45, 7) is 5.91. The first-order chi connectivity index (χ1) is 9.31. The van der Waals surface area contributed by atoms with Crippen LogP contribution in [0.3, 0.4) is 0 Å². The van der Waals surface area contributed by atoms with E-state index in [1.54, 1.807) is 0 Å². The Balaban J connectivity index is 2.19. The van der Waals surface area contributed by atoms with Gasteiger partial charge in [0.2, 0.25) is 0 Å². The fourth-order valence-corrected chi connectivity index (χ4v) is 3.64. The number of hydrogen-bond acceptors (Lipinski definition) is 2. The van der Waals surface area contributed by atoms with Crippen LogP contribution in [0.1, 0.15) is 51.1 Å². The van der Waals surface area contributed by atoms with Crippen LogP contribution in [0, 0.1) is 0 Å². The molecule has 0 aromatic heterocycles. The summed E-state index contributed by atoms with van der Waals surface area (Å²) in [5, 5.41) is 3.55. The highest BCUT2D eigenvalue weighted by atomic mass is 15.2. The van der Waals surface area contributed by atoms with Gasteiger partial charge in [-0.2, -0.15) is 0 Å². The SMILES string of the molecule is CCC1CCCN1C(CC)C(NC)c1ccccc1. The first-order valence-corrected chi connectivity index (χ1v) is 7.79. The molecule has 1 aliphatic heterocycles. The molecular weight excluding hydrogens is 232 g/mol. The number of likely N-dealkylation sites (N-methyl/N-ethyl adjacent to an activating group) is 1. The van der Waals surface area contributed by atoms with E-state index in [1.807, 2.05) is 0 Å². The molecule has 0 amide bonds. The highest BCUT2D eigenvalue weighted by molar-refractivity contribution is 5.21. The van der Waals surface area contributed by atoms with Gasteiger partial charge in [0.15, 0.2) is 0 Å². The number of nitrogens with zero attached hydrogens (tertiary/aromatic N) is 1. The van der Waals surface area contributed by atoms with Crippen LogP contribution < -0.4 is 5.32 Å². The second kappa shape index (κ2) is 7.06. The molecule has 0 bridgehead atoms. The Morgan fingerprint density at radius 1 is 1.26 bits per heavy atom. The molecule has 1 aromatic rings. The van der Waals surface area contributed by atoms with E-state index in [4.69, 9.17) is 0 Å². The average molecular weight is 260 g/mol. The van der Waals surface area contributed by atoms with Crippen LogP contribution in [-0.4, -0.2) is 30.6 Å². The van der Waals surface area contributed by atoms with E-state index in [9.17, 15) is 0 Å². The van der Waals surface area contributed by atoms with Crippen molar-refractivity contribution < 1.29 is 0 Å². The second-order valence-electron chi connectivity index (χ2n) is 5.59. The molecule has 3 unspecified atom stereocenters. The number of rotatable bonds is 6. The molecule has 1 aliphatic rings. The summed E-state index contributed by atoms with van der Waals surface area (Å²) >= 11 is 0. The van der Waals surface area contributed by atoms with Gasteiger partial charge < -0.3 is 5.32 Å². The Bertz CT molecular complexity index is 363. The van der Waals surface area contributed by atoms with Gasteiger partial charge in [0, 0.05) is 18.1 Å². The van der Waals surface area contributed by atoms with E-state index in [1.165, 1.54) is 37.8 Å². The van der Waals surface area contributed by atoms with Crippen molar-refractivity contribution in [1.82, 2.24) is 10.2 Å². The third kappa shape index (κ3) is 3.18. The van der Waals surface area contributed by atoms with Crippen LogP contribution in [0.15, 0.2) is 30.3 Å². The molecule has 2 heteroatoms. The first kappa shape index (κ1) is 14.5. The number of likely N-dealkylation sites (tertiary alicyclic amines) is 1. The lowest BCUT2D eigenvalue weighted by Crippen LogP contribution is -2.45. The Labute approximate surface area is 118 Å². The van der Waals surface area contributed by atoms with Gasteiger partial charge >= 0.3 is 0 Å². The maximum Gasteiger partial charge on any atom is 0.0475 e. The van der Waals surface area contributed by atoms with Gasteiger partial charge in [0.1, 0.15) is 0 Å². The maximum atomic E-state index is 3.55. The van der Waals surface area contributed by atoms with E-state index in [0.717, 1.165) is 6.04 Å². The molecule has 0 radical (unpaired) electrons. The lowest BCUT2D eigenvalue weighted by Gasteiger charge is -2.37. The molecule has 19 heavy (non-hydrogen) atoms. The van der Waals surface area contributed by atoms with Gasteiger partial charge in [-0.25, -0.2) is 0 Å². The van der Waals surface area contributed by atoms with Crippen molar-refractivity contribution in [1.29, 1.82) is 0 Å². The molecular formula is C17H28N2. The normalized spacial score (nSPS) is 23.4. The largest absolute Gasteiger partial charge is 0.312 e. The molecule has 1 saturated heterocycles. The summed E-state index contributed by atoms with van der Waals surface area (Å²) in [5.74, 6) is 0. The van der Waals surface area contributed by atoms with Crippen molar-refractivity contribution in [2.75, 3.05) is 13.6 Å². The molecule has 1 N–H and O–H groups in total. The minimum Gasteiger partial charge on any atom is -0.312 e. The topological polar surface area (TPSA) is 15.3 Å². The van der Waals surface area contributed by atoms with E-state index < -0.39 is 0 Å². The van der Waals surface area contributed by atoms with Gasteiger partial charge in [-0.1, -0.05) is 44.2 Å². The summed E-state index contributed by atoms with van der Waals surface area (Å²) in [6.07, 6.45) is 5.22. The van der Waals surface area contributed by atoms with E-state index in [2.05, 4.69) is 61.4 Å². The zero-order chi connectivity index (χ0) is 13.7. The van der Waals surface area contributed by atoms with Crippen LogP contribution in [0.25, 0.3) is 0 Å². The number of hydrogen-bond donors (Lipinski definition) is 1. The minimum absolute atomic E-state index is 0.443. The average Bonchev–Trinajstić information content (AvgIpc) is 2.93. The third-order valence-electron chi connectivity index (χ3n) is 4.59. The van der Waals surface area contributed by atoms with Gasteiger partial charge in [-0.05, 0) is 44.8 Å². The van der Waals surface area contributed by atoms with Crippen molar-refractivity contribution in [3.05, 3.63) is 35.9 Å². The van der Waals surface area contributed by atoms with Crippen molar-refractivity contribution in [3.63, 3.8) is 0 Å². The van der Waals surface area contributed by atoms with Crippen molar-refractivity contribution in [2.45, 2.75) is 57.7 Å². The first-order valence-electron chi connectivity index (χ1n) is 7.79. The quantitative estimate of drug-likeness (QED) is 0.840. The third-order valence-corrected chi connectivity index (χ3v) is 4.59. The maximum absolute atomic E-state index is 3.55. The molecule has 2 nitrogen and oxygen atoms in total. The highest BCUT2D eigenvalue weighted by Crippen LogP contribution is 2.30. The summed E-state index contributed by atoms with van der Waals surface area (Å²) in [6, 6.07) is 12.7. The molecule has 0 aliphatic carbocycles. The molecule has 0 saturated carbocycles. The van der Waals surface area contributed by atoms with Gasteiger partial charge in [0.25, 0.3) is 0 Å². The smallest absolute Gasteiger partial charge is 0.0475 e. The van der Waals surface area contributed by atoms with Crippen LogP contribution >= 0.6 is 0 Å². The molecule has 1 heterocycles. The summed E-state index contributed by atoms with van der Waals surface area (Å²) in [4.78, 5) is 2.74. The zero-order valence-electron chi connectivity index (χ0n) is 12.6. The molecule has 2 rings (SSSR count). The van der Waals surface area contributed by atoms with Gasteiger partial charge in [-0.3, -0.25) is 4.90 Å². The Kier molecular flexibility index (Phi) is 5.41. The van der Waals surface area contributed by atoms with Gasteiger partial charge in [-0.15, -0.1) is 0 Å². The van der Waals surface area contributed by atoms with E-state index >= 15 is 0 Å². The fourth-order valence-electron chi connectivity index (χ4n) is 3.64. The Morgan fingerprint density at radius 2 is 2.00 bits per heavy atom. The summed E-state index contributed by atoms with van der Waals surface area (Å²) in [7, 11) is 2.09. The zero-order valence-corrected chi connectivity index (χ0v) is 12.6. The summed E-state index contributed by atoms with van der Waals surface area (Å²) < 4.78 is 0. The molecule has 1 aromatic carbocycles. The van der Waals surface area contributed by atoms with Gasteiger partial charge in [0.05, 0.1) is 0 Å². The highest BCUT2D eigenvalue weighted by Gasteiger charge is 2.33. The van der Waals surface area contributed by atoms with Crippen molar-refractivity contribution in [3.8, 4) is 0 Å². The van der Waals surface area contributed by atoms with E-state index in [0.29, 0.717) is 12.1 Å². The van der Waals surface area contributed by atoms with E-state index in [-0.39, 0.29) is 0 Å². The predicted molar refractivity (Wildman–Crippen MR) is 82.3 cm³/mol. The Hall–Kier alpha value is -0.860. The number of nitrogens with one attached hydrogen (secondary N) is 1. The predicted octanol–water partition coefficient (Wildman–Crippen LogP) is 3.60. The molecule has 0 spiro atoms. The van der Waals surface area contributed by atoms with Crippen LogP contribution in [0.5, 0.6) is 0 Å². The summed E-state index contributed by atoms with van der Waals surface area (Å²) in [5.41, 5.74) is 1.42. The lowest BCUT2D eigenvalue weighted by atomic mass is 9.95. The van der Waals surface area contributed by atoms with Crippen LogP contribution in [0.2, 0.25) is 0 Å². The molecule has 1 fully saturated rings. The molecule has 3 atom stereocenters. The second-order valence-corrected chi connectivity index (χ2v) is 5.59. The van der Waals surface area contributed by atoms with Crippen molar-refractivity contribution >= 4 is 0 Å². The number of benzene rings is 1. The fraction of sp³-hybridized carbons (Fsp3) is 0.647. The van der Waals surface area contributed by atoms with Crippen LogP contribution in [0.4, 0.5) is 0 Å². The monoisotopic (exact) mass is 260 g/mol. The Morgan fingerprint density at radius 3 is 2.58 bits per heavy atom. The van der Waals surface area contributed by atoms with Crippen LogP contribution in [-0.2, 0) is 0 Å². The van der Waals surface area contributed by atoms with Crippen molar-refractivity contribution in [2.24, 2.45) is 0 Å². The standard InChI is InChI=1S/C17H28N2/c1-4-15-12-9-13-19(15)16(5-2)17(18-3)14-10-7-6-8-11-14/h6-8,10-11,15-18H,4-5,9,12-13H2,1-3H3. The molecule has 106 valence electrons. The lowest BCUT2D eigenvalue weighted by molar-refractivity contribution is 0.137. The minimum atomic E-state index is 0.443.